The number of hydrogen-bond acceptors (Lipinski definition) is 4. The van der Waals surface area contributed by atoms with Gasteiger partial charge in [-0.25, -0.2) is 0 Å². The van der Waals surface area contributed by atoms with Crippen LogP contribution in [0.3, 0.4) is 0 Å². The van der Waals surface area contributed by atoms with Crippen LogP contribution < -0.4 is 0 Å². The molecule has 0 aromatic heterocycles. The molecule has 0 aromatic rings. The molecule has 2 rings (SSSR count). The molecule has 2 saturated heterocycles. The van der Waals surface area contributed by atoms with Gasteiger partial charge in [0.2, 0.25) is 0 Å². The van der Waals surface area contributed by atoms with Crippen molar-refractivity contribution in [2.75, 3.05) is 52.9 Å². The summed E-state index contributed by atoms with van der Waals surface area (Å²) < 4.78 is 22.7. The van der Waals surface area contributed by atoms with Crippen molar-refractivity contribution in [2.24, 2.45) is 16.2 Å². The van der Waals surface area contributed by atoms with Gasteiger partial charge in [-0.3, -0.25) is 0 Å². The zero-order valence-corrected chi connectivity index (χ0v) is 16.3. The third kappa shape index (κ3) is 5.17. The molecular weight excluding hydrogens is 304 g/mol. The first-order valence-electron chi connectivity index (χ1n) is 9.82. The van der Waals surface area contributed by atoms with Crippen LogP contribution in [0.4, 0.5) is 0 Å². The van der Waals surface area contributed by atoms with Gasteiger partial charge in [0.1, 0.15) is 0 Å². The van der Waals surface area contributed by atoms with E-state index >= 15 is 0 Å². The third-order valence-corrected chi connectivity index (χ3v) is 6.50. The summed E-state index contributed by atoms with van der Waals surface area (Å²) in [5.74, 6) is 0. The van der Waals surface area contributed by atoms with Crippen molar-refractivity contribution in [3.8, 4) is 0 Å². The summed E-state index contributed by atoms with van der Waals surface area (Å²) in [6.45, 7) is 16.0. The van der Waals surface area contributed by atoms with E-state index in [9.17, 15) is 0 Å². The lowest BCUT2D eigenvalue weighted by Gasteiger charge is -2.41. The van der Waals surface area contributed by atoms with E-state index in [1.807, 2.05) is 0 Å². The summed E-state index contributed by atoms with van der Waals surface area (Å²) in [5.41, 5.74) is 0.904. The quantitative estimate of drug-likeness (QED) is 0.473. The summed E-state index contributed by atoms with van der Waals surface area (Å²) in [6, 6.07) is 0. The minimum atomic E-state index is 0.297. The predicted molar refractivity (Wildman–Crippen MR) is 96.4 cm³/mol. The van der Waals surface area contributed by atoms with Crippen LogP contribution in [0.5, 0.6) is 0 Å². The monoisotopic (exact) mass is 342 g/mol. The highest BCUT2D eigenvalue weighted by Gasteiger charge is 2.38. The summed E-state index contributed by atoms with van der Waals surface area (Å²) in [5, 5.41) is 0. The molecule has 0 aliphatic carbocycles. The van der Waals surface area contributed by atoms with Crippen molar-refractivity contribution in [3.63, 3.8) is 0 Å². The standard InChI is InChI=1S/C20H38O4/c1-5-18(4,8-10-21-12-19(6-2)14-23-15-19)9-11-22-13-20(7-3)16-24-17-20/h5-17H2,1-4H3. The summed E-state index contributed by atoms with van der Waals surface area (Å²) in [4.78, 5) is 0. The third-order valence-electron chi connectivity index (χ3n) is 6.50. The topological polar surface area (TPSA) is 36.9 Å². The van der Waals surface area contributed by atoms with Gasteiger partial charge in [-0.05, 0) is 31.1 Å². The fourth-order valence-corrected chi connectivity index (χ4v) is 3.25. The van der Waals surface area contributed by atoms with E-state index in [4.69, 9.17) is 18.9 Å². The van der Waals surface area contributed by atoms with Crippen molar-refractivity contribution in [2.45, 2.75) is 59.8 Å². The number of ether oxygens (including phenoxy) is 4. The molecule has 142 valence electrons. The molecule has 0 saturated carbocycles. The maximum absolute atomic E-state index is 6.00. The molecule has 2 fully saturated rings. The van der Waals surface area contributed by atoms with Gasteiger partial charge < -0.3 is 18.9 Å². The molecule has 2 aliphatic rings. The molecule has 0 bridgehead atoms. The van der Waals surface area contributed by atoms with Crippen molar-refractivity contribution in [1.82, 2.24) is 0 Å². The van der Waals surface area contributed by atoms with E-state index in [0.717, 1.165) is 78.5 Å². The van der Waals surface area contributed by atoms with Crippen molar-refractivity contribution >= 4 is 0 Å². The van der Waals surface area contributed by atoms with Crippen molar-refractivity contribution < 1.29 is 18.9 Å². The van der Waals surface area contributed by atoms with Gasteiger partial charge in [0, 0.05) is 24.0 Å². The van der Waals surface area contributed by atoms with Crippen LogP contribution in [0.25, 0.3) is 0 Å². The van der Waals surface area contributed by atoms with E-state index in [1.165, 1.54) is 6.42 Å². The first kappa shape index (κ1) is 20.2. The molecule has 0 aromatic carbocycles. The van der Waals surface area contributed by atoms with Crippen LogP contribution in [0.2, 0.25) is 0 Å². The molecule has 4 nitrogen and oxygen atoms in total. The highest BCUT2D eigenvalue weighted by Crippen LogP contribution is 2.34. The average molecular weight is 343 g/mol. The molecule has 0 spiro atoms. The Hall–Kier alpha value is -0.160. The van der Waals surface area contributed by atoms with Crippen molar-refractivity contribution in [3.05, 3.63) is 0 Å². The number of hydrogen-bond donors (Lipinski definition) is 0. The van der Waals surface area contributed by atoms with Crippen molar-refractivity contribution in [1.29, 1.82) is 0 Å². The molecule has 0 radical (unpaired) electrons. The SMILES string of the molecule is CCC(C)(CCOCC1(CC)COC1)CCOCC1(CC)COC1. The minimum absolute atomic E-state index is 0.297. The van der Waals surface area contributed by atoms with Gasteiger partial charge in [0.15, 0.2) is 0 Å². The van der Waals surface area contributed by atoms with Crippen LogP contribution in [-0.4, -0.2) is 52.9 Å². The molecule has 0 amide bonds. The van der Waals surface area contributed by atoms with E-state index in [-0.39, 0.29) is 0 Å². The van der Waals surface area contributed by atoms with E-state index in [2.05, 4.69) is 27.7 Å². The largest absolute Gasteiger partial charge is 0.381 e. The maximum atomic E-state index is 6.00. The van der Waals surface area contributed by atoms with Gasteiger partial charge in [0.25, 0.3) is 0 Å². The molecule has 0 atom stereocenters. The summed E-state index contributed by atoms with van der Waals surface area (Å²) in [7, 11) is 0. The van der Waals surface area contributed by atoms with Gasteiger partial charge in [0.05, 0.1) is 39.6 Å². The molecular formula is C20H38O4. The Morgan fingerprint density at radius 3 is 1.46 bits per heavy atom. The molecule has 0 unspecified atom stereocenters. The van der Waals surface area contributed by atoms with Gasteiger partial charge in [-0.2, -0.15) is 0 Å². The normalized spacial score (nSPS) is 22.0. The highest BCUT2D eigenvalue weighted by atomic mass is 16.5. The predicted octanol–water partition coefficient (Wildman–Crippen LogP) is 4.07. The molecule has 4 heteroatoms. The van der Waals surface area contributed by atoms with E-state index < -0.39 is 0 Å². The second-order valence-corrected chi connectivity index (χ2v) is 8.46. The van der Waals surface area contributed by atoms with Crippen LogP contribution in [0, 0.1) is 16.2 Å². The van der Waals surface area contributed by atoms with Crippen LogP contribution in [0.15, 0.2) is 0 Å². The second-order valence-electron chi connectivity index (χ2n) is 8.46. The smallest absolute Gasteiger partial charge is 0.0566 e. The highest BCUT2D eigenvalue weighted by molar-refractivity contribution is 4.85. The Morgan fingerprint density at radius 1 is 0.792 bits per heavy atom. The van der Waals surface area contributed by atoms with Gasteiger partial charge in [-0.1, -0.05) is 34.1 Å². The molecule has 0 N–H and O–H groups in total. The van der Waals surface area contributed by atoms with Crippen LogP contribution in [0.1, 0.15) is 59.8 Å². The lowest BCUT2D eigenvalue weighted by Crippen LogP contribution is -2.46. The Balaban J connectivity index is 1.59. The number of rotatable bonds is 13. The lowest BCUT2D eigenvalue weighted by atomic mass is 9.81. The van der Waals surface area contributed by atoms with Gasteiger partial charge in [-0.15, -0.1) is 0 Å². The lowest BCUT2D eigenvalue weighted by molar-refractivity contribution is -0.154. The first-order chi connectivity index (χ1) is 11.5. The first-order valence-corrected chi connectivity index (χ1v) is 9.82. The van der Waals surface area contributed by atoms with Crippen LogP contribution >= 0.6 is 0 Å². The summed E-state index contributed by atoms with van der Waals surface area (Å²) in [6.07, 6.45) is 5.68. The summed E-state index contributed by atoms with van der Waals surface area (Å²) >= 11 is 0. The Kier molecular flexibility index (Phi) is 7.54. The zero-order valence-electron chi connectivity index (χ0n) is 16.3. The van der Waals surface area contributed by atoms with E-state index in [1.54, 1.807) is 0 Å². The zero-order chi connectivity index (χ0) is 17.5. The Bertz CT molecular complexity index is 320. The van der Waals surface area contributed by atoms with E-state index in [0.29, 0.717) is 16.2 Å². The Morgan fingerprint density at radius 2 is 1.21 bits per heavy atom. The fourth-order valence-electron chi connectivity index (χ4n) is 3.25. The second kappa shape index (κ2) is 8.98. The van der Waals surface area contributed by atoms with Gasteiger partial charge >= 0.3 is 0 Å². The van der Waals surface area contributed by atoms with Crippen LogP contribution in [-0.2, 0) is 18.9 Å². The molecule has 2 aliphatic heterocycles. The fraction of sp³-hybridized carbons (Fsp3) is 1.00. The Labute approximate surface area is 148 Å². The minimum Gasteiger partial charge on any atom is -0.381 e. The molecule has 24 heavy (non-hydrogen) atoms. The maximum Gasteiger partial charge on any atom is 0.0566 e. The average Bonchev–Trinajstić information content (AvgIpc) is 2.52. The molecule has 2 heterocycles.